The quantitative estimate of drug-likeness (QED) is 0.540. The first kappa shape index (κ1) is 19.7. The van der Waals surface area contributed by atoms with Crippen molar-refractivity contribution in [2.45, 2.75) is 51.6 Å². The SMILES string of the molecule is CC(=O)OC[C@H]1O[C@H](C=C(Cl)Cl)C[C@@H](OC(C)=O)[C@@H]1OC(C)=O. The number of rotatable bonds is 5. The van der Waals surface area contributed by atoms with E-state index in [4.69, 9.17) is 42.1 Å². The van der Waals surface area contributed by atoms with Crippen molar-refractivity contribution in [3.63, 3.8) is 0 Å². The standard InChI is InChI=1S/C14H18Cl2O7/c1-7(17)20-6-12-14(22-9(3)19)11(21-8(2)18)4-10(23-12)5-13(15)16/h5,10-12,14H,4,6H2,1-3H3/t10-,11+,12+,14-/m0/s1. The number of hydrogen-bond acceptors (Lipinski definition) is 7. The molecule has 23 heavy (non-hydrogen) atoms. The van der Waals surface area contributed by atoms with E-state index in [-0.39, 0.29) is 17.5 Å². The third-order valence-electron chi connectivity index (χ3n) is 2.93. The lowest BCUT2D eigenvalue weighted by atomic mass is 9.97. The number of hydrogen-bond donors (Lipinski definition) is 0. The fourth-order valence-electron chi connectivity index (χ4n) is 2.21. The largest absolute Gasteiger partial charge is 0.463 e. The molecule has 9 heteroatoms. The van der Waals surface area contributed by atoms with Crippen LogP contribution in [0.5, 0.6) is 0 Å². The van der Waals surface area contributed by atoms with Crippen molar-refractivity contribution in [1.29, 1.82) is 0 Å². The highest BCUT2D eigenvalue weighted by atomic mass is 35.5. The second-order valence-corrected chi connectivity index (χ2v) is 5.94. The third kappa shape index (κ3) is 7.20. The Bertz CT molecular complexity index is 488. The summed E-state index contributed by atoms with van der Waals surface area (Å²) in [6.07, 6.45) is -1.48. The van der Waals surface area contributed by atoms with Gasteiger partial charge >= 0.3 is 17.9 Å². The molecule has 7 nitrogen and oxygen atoms in total. The van der Waals surface area contributed by atoms with Crippen LogP contribution >= 0.6 is 23.2 Å². The molecule has 0 aromatic rings. The normalized spacial score (nSPS) is 26.8. The van der Waals surface area contributed by atoms with Gasteiger partial charge < -0.3 is 18.9 Å². The number of ether oxygens (including phenoxy) is 4. The van der Waals surface area contributed by atoms with Gasteiger partial charge in [0.05, 0.1) is 6.10 Å². The molecule has 0 aliphatic carbocycles. The minimum Gasteiger partial charge on any atom is -0.463 e. The van der Waals surface area contributed by atoms with Crippen LogP contribution in [0.1, 0.15) is 27.2 Å². The van der Waals surface area contributed by atoms with Crippen molar-refractivity contribution >= 4 is 41.1 Å². The molecule has 1 fully saturated rings. The molecule has 1 heterocycles. The monoisotopic (exact) mass is 368 g/mol. The predicted molar refractivity (Wildman–Crippen MR) is 80.8 cm³/mol. The Kier molecular flexibility index (Phi) is 7.81. The Morgan fingerprint density at radius 2 is 1.70 bits per heavy atom. The summed E-state index contributed by atoms with van der Waals surface area (Å²) in [6, 6.07) is 0. The Morgan fingerprint density at radius 1 is 1.09 bits per heavy atom. The summed E-state index contributed by atoms with van der Waals surface area (Å²) >= 11 is 11.3. The topological polar surface area (TPSA) is 88.1 Å². The molecule has 130 valence electrons. The van der Waals surface area contributed by atoms with Crippen molar-refractivity contribution in [3.05, 3.63) is 10.6 Å². The average molecular weight is 369 g/mol. The molecule has 4 atom stereocenters. The Morgan fingerprint density at radius 3 is 2.17 bits per heavy atom. The van der Waals surface area contributed by atoms with Gasteiger partial charge in [0, 0.05) is 27.2 Å². The van der Waals surface area contributed by atoms with Gasteiger partial charge in [-0.3, -0.25) is 14.4 Å². The van der Waals surface area contributed by atoms with Crippen molar-refractivity contribution in [2.24, 2.45) is 0 Å². The van der Waals surface area contributed by atoms with Crippen LogP contribution in [0.2, 0.25) is 0 Å². The van der Waals surface area contributed by atoms with Crippen LogP contribution in [0.3, 0.4) is 0 Å². The van der Waals surface area contributed by atoms with E-state index >= 15 is 0 Å². The van der Waals surface area contributed by atoms with E-state index in [1.165, 1.54) is 26.8 Å². The second-order valence-electron chi connectivity index (χ2n) is 4.93. The first-order valence-corrected chi connectivity index (χ1v) is 7.60. The molecule has 1 rings (SSSR count). The Balaban J connectivity index is 2.99. The van der Waals surface area contributed by atoms with E-state index in [9.17, 15) is 14.4 Å². The Labute approximate surface area is 143 Å². The molecule has 0 spiro atoms. The van der Waals surface area contributed by atoms with Crippen LogP contribution < -0.4 is 0 Å². The average Bonchev–Trinajstić information content (AvgIpc) is 2.37. The smallest absolute Gasteiger partial charge is 0.303 e. The van der Waals surface area contributed by atoms with Crippen LogP contribution in [0, 0.1) is 0 Å². The lowest BCUT2D eigenvalue weighted by molar-refractivity contribution is -0.209. The van der Waals surface area contributed by atoms with Crippen LogP contribution in [0.25, 0.3) is 0 Å². The van der Waals surface area contributed by atoms with E-state index in [1.807, 2.05) is 0 Å². The minimum atomic E-state index is -0.908. The number of carbonyl (C=O) groups is 3. The van der Waals surface area contributed by atoms with Gasteiger partial charge in [0.2, 0.25) is 0 Å². The molecule has 0 unspecified atom stereocenters. The molecule has 0 aromatic carbocycles. The van der Waals surface area contributed by atoms with Gasteiger partial charge in [-0.2, -0.15) is 0 Å². The summed E-state index contributed by atoms with van der Waals surface area (Å²) in [5, 5.41) is 0. The van der Waals surface area contributed by atoms with Crippen LogP contribution in [-0.2, 0) is 33.3 Å². The first-order valence-electron chi connectivity index (χ1n) is 6.85. The summed E-state index contributed by atoms with van der Waals surface area (Å²) in [4.78, 5) is 33.6. The molecule has 0 bridgehead atoms. The molecule has 1 saturated heterocycles. The highest BCUT2D eigenvalue weighted by molar-refractivity contribution is 6.55. The maximum absolute atomic E-state index is 11.3. The fraction of sp³-hybridized carbons (Fsp3) is 0.643. The molecule has 0 amide bonds. The van der Waals surface area contributed by atoms with Crippen LogP contribution in [0.4, 0.5) is 0 Å². The van der Waals surface area contributed by atoms with Gasteiger partial charge in [0.1, 0.15) is 23.3 Å². The zero-order valence-electron chi connectivity index (χ0n) is 12.9. The lowest BCUT2D eigenvalue weighted by Gasteiger charge is -2.39. The zero-order chi connectivity index (χ0) is 17.6. The van der Waals surface area contributed by atoms with E-state index < -0.39 is 42.3 Å². The number of carbonyl (C=O) groups excluding carboxylic acids is 3. The van der Waals surface area contributed by atoms with Crippen LogP contribution in [0.15, 0.2) is 10.6 Å². The van der Waals surface area contributed by atoms with Gasteiger partial charge in [-0.05, 0) is 6.08 Å². The maximum atomic E-state index is 11.3. The highest BCUT2D eigenvalue weighted by Crippen LogP contribution is 2.28. The molecule has 0 saturated carbocycles. The second kappa shape index (κ2) is 9.10. The molecule has 0 radical (unpaired) electrons. The van der Waals surface area contributed by atoms with E-state index in [1.54, 1.807) is 0 Å². The number of esters is 3. The minimum absolute atomic E-state index is 0.0197. The zero-order valence-corrected chi connectivity index (χ0v) is 14.4. The van der Waals surface area contributed by atoms with E-state index in [0.717, 1.165) is 0 Å². The summed E-state index contributed by atoms with van der Waals surface area (Å²) in [5.74, 6) is -1.64. The summed E-state index contributed by atoms with van der Waals surface area (Å²) in [5.41, 5.74) is 0. The summed E-state index contributed by atoms with van der Waals surface area (Å²) in [6.45, 7) is 3.52. The first-order chi connectivity index (χ1) is 10.7. The van der Waals surface area contributed by atoms with Gasteiger partial charge in [-0.15, -0.1) is 0 Å². The molecular weight excluding hydrogens is 351 g/mol. The predicted octanol–water partition coefficient (Wildman–Crippen LogP) is 1.89. The molecule has 1 aliphatic rings. The molecule has 1 aliphatic heterocycles. The van der Waals surface area contributed by atoms with Gasteiger partial charge in [-0.1, -0.05) is 23.2 Å². The third-order valence-corrected chi connectivity index (χ3v) is 3.18. The fourth-order valence-corrected chi connectivity index (χ4v) is 2.49. The van der Waals surface area contributed by atoms with Crippen molar-refractivity contribution < 1.29 is 33.3 Å². The van der Waals surface area contributed by atoms with Gasteiger partial charge in [0.15, 0.2) is 6.10 Å². The van der Waals surface area contributed by atoms with Crippen molar-refractivity contribution in [3.8, 4) is 0 Å². The summed E-state index contributed by atoms with van der Waals surface area (Å²) in [7, 11) is 0. The van der Waals surface area contributed by atoms with Gasteiger partial charge in [-0.25, -0.2) is 0 Å². The number of halogens is 2. The van der Waals surface area contributed by atoms with Crippen LogP contribution in [-0.4, -0.2) is 48.9 Å². The lowest BCUT2D eigenvalue weighted by Crippen LogP contribution is -2.53. The maximum Gasteiger partial charge on any atom is 0.303 e. The highest BCUT2D eigenvalue weighted by Gasteiger charge is 2.43. The molecular formula is C14H18Cl2O7. The van der Waals surface area contributed by atoms with E-state index in [2.05, 4.69) is 0 Å². The molecule has 0 aromatic heterocycles. The molecule has 0 N–H and O–H groups in total. The Hall–Kier alpha value is -1.31. The van der Waals surface area contributed by atoms with Crippen molar-refractivity contribution in [1.82, 2.24) is 0 Å². The summed E-state index contributed by atoms with van der Waals surface area (Å²) < 4.78 is 21.0. The van der Waals surface area contributed by atoms with E-state index in [0.29, 0.717) is 0 Å². The van der Waals surface area contributed by atoms with Gasteiger partial charge in [0.25, 0.3) is 0 Å². The van der Waals surface area contributed by atoms with Crippen molar-refractivity contribution in [2.75, 3.05) is 6.61 Å².